The van der Waals surface area contributed by atoms with Crippen LogP contribution in [-0.2, 0) is 4.79 Å². The molecule has 0 saturated carbocycles. The van der Waals surface area contributed by atoms with E-state index in [9.17, 15) is 18.4 Å². The lowest BCUT2D eigenvalue weighted by Crippen LogP contribution is -2.37. The van der Waals surface area contributed by atoms with Crippen molar-refractivity contribution in [1.29, 1.82) is 0 Å². The number of aryl methyl sites for hydroxylation is 2. The molecule has 0 bridgehead atoms. The largest absolute Gasteiger partial charge is 0.357 e. The first kappa shape index (κ1) is 33.9. The molecule has 1 N–H and O–H groups in total. The SMILES string of the molecule is Cc1ccccc1.Cc1nc(N2CCC(CC3CCN(C=O)CC3)CC2)ccc1C(=O)N(C)C.F.OC(F)F. The Morgan fingerprint density at radius 1 is 1.00 bits per heavy atom. The molecule has 2 aromatic rings. The number of anilines is 1. The summed E-state index contributed by atoms with van der Waals surface area (Å²) >= 11 is 0. The Morgan fingerprint density at radius 3 is 1.92 bits per heavy atom. The van der Waals surface area contributed by atoms with Gasteiger partial charge in [-0.15, -0.1) is 0 Å². The highest BCUT2D eigenvalue weighted by Gasteiger charge is 2.26. The summed E-state index contributed by atoms with van der Waals surface area (Å²) in [5.74, 6) is 2.55. The first-order valence-corrected chi connectivity index (χ1v) is 13.2. The van der Waals surface area contributed by atoms with Crippen LogP contribution < -0.4 is 4.90 Å². The number of halogens is 3. The van der Waals surface area contributed by atoms with E-state index in [2.05, 4.69) is 24.0 Å². The van der Waals surface area contributed by atoms with Gasteiger partial charge in [-0.3, -0.25) is 14.3 Å². The topological polar surface area (TPSA) is 77.0 Å². The van der Waals surface area contributed by atoms with Crippen molar-refractivity contribution < 1.29 is 28.2 Å². The van der Waals surface area contributed by atoms with Gasteiger partial charge < -0.3 is 19.8 Å². The highest BCUT2D eigenvalue weighted by atomic mass is 19.3. The standard InChI is InChI=1S/C21H32N4O2.C7H8.CH2F2O.FH/c1-16-19(21(27)23(2)3)4-5-20(22-16)25-12-8-18(9-13-25)14-17-6-10-24(15-26)11-7-17;1-7-5-3-2-4-6-7;2-1(3)4;/h4-5,15,17-18H,6-14H2,1-3H3;2-6H,1H3;1,4H;1H. The third-order valence-corrected chi connectivity index (χ3v) is 7.05. The molecule has 3 heterocycles. The molecule has 2 saturated heterocycles. The van der Waals surface area contributed by atoms with Crippen LogP contribution in [0.15, 0.2) is 42.5 Å². The molecule has 0 unspecified atom stereocenters. The number of hydrogen-bond acceptors (Lipinski definition) is 5. The first-order chi connectivity index (χ1) is 18.1. The second kappa shape index (κ2) is 17.4. The average molecular weight is 553 g/mol. The second-order valence-electron chi connectivity index (χ2n) is 10.2. The van der Waals surface area contributed by atoms with Crippen LogP contribution in [0.5, 0.6) is 0 Å². The summed E-state index contributed by atoms with van der Waals surface area (Å²) in [6.07, 6.45) is 6.99. The second-order valence-corrected chi connectivity index (χ2v) is 10.2. The number of carbonyl (C=O) groups is 2. The van der Waals surface area contributed by atoms with E-state index in [0.29, 0.717) is 5.56 Å². The number of aromatic nitrogens is 1. The smallest absolute Gasteiger partial charge is 0.342 e. The Balaban J connectivity index is 0.000000531. The zero-order chi connectivity index (χ0) is 28.1. The Labute approximate surface area is 230 Å². The number of nitrogens with zero attached hydrogens (tertiary/aromatic N) is 4. The summed E-state index contributed by atoms with van der Waals surface area (Å²) in [6.45, 7) is 4.75. The monoisotopic (exact) mass is 552 g/mol. The van der Waals surface area contributed by atoms with Crippen LogP contribution in [0.3, 0.4) is 0 Å². The number of carbonyl (C=O) groups excluding carboxylic acids is 2. The van der Waals surface area contributed by atoms with E-state index >= 15 is 0 Å². The number of aliphatic hydroxyl groups excluding tert-OH is 1. The molecule has 218 valence electrons. The third-order valence-electron chi connectivity index (χ3n) is 7.05. The lowest BCUT2D eigenvalue weighted by Gasteiger charge is -2.36. The van der Waals surface area contributed by atoms with Gasteiger partial charge in [-0.05, 0) is 69.9 Å². The van der Waals surface area contributed by atoms with Gasteiger partial charge in [0.1, 0.15) is 5.82 Å². The summed E-state index contributed by atoms with van der Waals surface area (Å²) in [7, 11) is 3.53. The first-order valence-electron chi connectivity index (χ1n) is 13.2. The van der Waals surface area contributed by atoms with Gasteiger partial charge in [-0.2, -0.15) is 8.78 Å². The molecule has 0 radical (unpaired) electrons. The van der Waals surface area contributed by atoms with Crippen LogP contribution in [0.25, 0.3) is 0 Å². The molecule has 39 heavy (non-hydrogen) atoms. The van der Waals surface area contributed by atoms with Gasteiger partial charge in [0.25, 0.3) is 5.91 Å². The number of amides is 2. The maximum atomic E-state index is 12.2. The summed E-state index contributed by atoms with van der Waals surface area (Å²) in [6, 6.07) is 14.2. The molecule has 10 heteroatoms. The Bertz CT molecular complexity index is 976. The quantitative estimate of drug-likeness (QED) is 0.533. The lowest BCUT2D eigenvalue weighted by molar-refractivity contribution is -0.119. The number of aliphatic hydroxyl groups is 1. The van der Waals surface area contributed by atoms with Crippen LogP contribution in [0.4, 0.5) is 19.3 Å². The van der Waals surface area contributed by atoms with E-state index in [1.165, 1.54) is 24.8 Å². The minimum absolute atomic E-state index is 0. The van der Waals surface area contributed by atoms with Crippen LogP contribution in [0, 0.1) is 25.7 Å². The molecule has 1 aromatic carbocycles. The molecule has 2 amide bonds. The number of rotatable bonds is 5. The predicted molar refractivity (Wildman–Crippen MR) is 149 cm³/mol. The summed E-state index contributed by atoms with van der Waals surface area (Å²) in [5, 5.41) is 6.72. The fourth-order valence-electron chi connectivity index (χ4n) is 4.89. The predicted octanol–water partition coefficient (Wildman–Crippen LogP) is 4.92. The van der Waals surface area contributed by atoms with Gasteiger partial charge in [0.2, 0.25) is 6.41 Å². The third kappa shape index (κ3) is 12.1. The highest BCUT2D eigenvalue weighted by Crippen LogP contribution is 2.31. The molecule has 7 nitrogen and oxygen atoms in total. The molecule has 0 spiro atoms. The van der Waals surface area contributed by atoms with Crippen LogP contribution in [0.1, 0.15) is 53.7 Å². The van der Waals surface area contributed by atoms with Crippen molar-refractivity contribution in [3.05, 3.63) is 59.3 Å². The number of hydrogen-bond donors (Lipinski definition) is 1. The number of likely N-dealkylation sites (tertiary alicyclic amines) is 1. The van der Waals surface area contributed by atoms with Gasteiger partial charge in [0.15, 0.2) is 0 Å². The minimum Gasteiger partial charge on any atom is -0.357 e. The summed E-state index contributed by atoms with van der Waals surface area (Å²) in [5.41, 5.74) is 2.80. The number of piperidine rings is 2. The molecule has 2 aliphatic heterocycles. The molecule has 1 aromatic heterocycles. The van der Waals surface area contributed by atoms with Crippen LogP contribution >= 0.6 is 0 Å². The number of pyridine rings is 1. The van der Waals surface area contributed by atoms with Crippen molar-refractivity contribution in [3.63, 3.8) is 0 Å². The van der Waals surface area contributed by atoms with Crippen molar-refractivity contribution in [1.82, 2.24) is 14.8 Å². The van der Waals surface area contributed by atoms with Crippen molar-refractivity contribution in [2.24, 2.45) is 11.8 Å². The van der Waals surface area contributed by atoms with Gasteiger partial charge >= 0.3 is 6.61 Å². The number of benzene rings is 1. The molecular weight excluding hydrogens is 509 g/mol. The fraction of sp³-hybridized carbons (Fsp3) is 0.552. The van der Waals surface area contributed by atoms with E-state index in [4.69, 9.17) is 10.1 Å². The van der Waals surface area contributed by atoms with Crippen molar-refractivity contribution in [2.75, 3.05) is 45.2 Å². The van der Waals surface area contributed by atoms with Crippen molar-refractivity contribution in [2.45, 2.75) is 52.6 Å². The lowest BCUT2D eigenvalue weighted by atomic mass is 9.83. The van der Waals surface area contributed by atoms with E-state index in [0.717, 1.165) is 68.8 Å². The molecular formula is C29H43F3N4O3. The van der Waals surface area contributed by atoms with E-state index in [1.807, 2.05) is 42.2 Å². The minimum atomic E-state index is -3.17. The normalized spacial score (nSPS) is 15.8. The maximum absolute atomic E-state index is 12.2. The molecule has 2 fully saturated rings. The average Bonchev–Trinajstić information content (AvgIpc) is 2.89. The van der Waals surface area contributed by atoms with E-state index in [1.54, 1.807) is 19.0 Å². The van der Waals surface area contributed by atoms with E-state index < -0.39 is 6.61 Å². The summed E-state index contributed by atoms with van der Waals surface area (Å²) in [4.78, 5) is 33.6. The molecule has 0 aliphatic carbocycles. The van der Waals surface area contributed by atoms with Crippen LogP contribution in [0.2, 0.25) is 0 Å². The Morgan fingerprint density at radius 2 is 1.51 bits per heavy atom. The molecule has 2 aliphatic rings. The highest BCUT2D eigenvalue weighted by molar-refractivity contribution is 5.95. The Hall–Kier alpha value is -3.14. The Kier molecular flexibility index (Phi) is 15.2. The summed E-state index contributed by atoms with van der Waals surface area (Å²) < 4.78 is 19.8. The maximum Gasteiger partial charge on any atom is 0.342 e. The van der Waals surface area contributed by atoms with Crippen LogP contribution in [-0.4, -0.2) is 79.1 Å². The van der Waals surface area contributed by atoms with Crippen molar-refractivity contribution in [3.8, 4) is 0 Å². The van der Waals surface area contributed by atoms with E-state index in [-0.39, 0.29) is 10.6 Å². The molecule has 0 atom stereocenters. The molecule has 4 rings (SSSR count). The van der Waals surface area contributed by atoms with Gasteiger partial charge in [-0.1, -0.05) is 35.9 Å². The van der Waals surface area contributed by atoms with Gasteiger partial charge in [0.05, 0.1) is 11.3 Å². The zero-order valence-electron chi connectivity index (χ0n) is 23.4. The number of alkyl halides is 2. The zero-order valence-corrected chi connectivity index (χ0v) is 23.4. The fourth-order valence-corrected chi connectivity index (χ4v) is 4.89. The van der Waals surface area contributed by atoms with Crippen molar-refractivity contribution >= 4 is 18.1 Å². The van der Waals surface area contributed by atoms with Gasteiger partial charge in [0, 0.05) is 40.3 Å². The van der Waals surface area contributed by atoms with Gasteiger partial charge in [-0.25, -0.2) is 4.98 Å².